The molecule has 2 heterocycles. The third-order valence-electron chi connectivity index (χ3n) is 4.29. The van der Waals surface area contributed by atoms with E-state index in [-0.39, 0.29) is 17.8 Å². The first-order chi connectivity index (χ1) is 12.2. The number of amides is 1. The summed E-state index contributed by atoms with van der Waals surface area (Å²) in [6.07, 6.45) is 1.33. The molecular weight excluding hydrogens is 450 g/mol. The zero-order valence-electron chi connectivity index (χ0n) is 15.1. The minimum absolute atomic E-state index is 0.210. The summed E-state index contributed by atoms with van der Waals surface area (Å²) in [5.74, 6) is 0.776. The zero-order chi connectivity index (χ0) is 18.9. The van der Waals surface area contributed by atoms with E-state index in [1.54, 1.807) is 17.0 Å². The molecule has 0 bridgehead atoms. The molecule has 1 aliphatic heterocycles. The van der Waals surface area contributed by atoms with E-state index in [2.05, 4.69) is 27.7 Å². The smallest absolute Gasteiger partial charge is 0.410 e. The molecule has 140 valence electrons. The Kier molecular flexibility index (Phi) is 5.55. The molecule has 1 aromatic carbocycles. The summed E-state index contributed by atoms with van der Waals surface area (Å²) in [5, 5.41) is 4.18. The van der Waals surface area contributed by atoms with Crippen molar-refractivity contribution < 1.29 is 18.4 Å². The summed E-state index contributed by atoms with van der Waals surface area (Å²) in [4.78, 5) is 13.9. The summed E-state index contributed by atoms with van der Waals surface area (Å²) >= 11 is 2.23. The van der Waals surface area contributed by atoms with Gasteiger partial charge in [-0.2, -0.15) is 0 Å². The lowest BCUT2D eigenvalue weighted by molar-refractivity contribution is 0.0199. The molecule has 0 aliphatic carbocycles. The second-order valence-electron chi connectivity index (χ2n) is 7.46. The van der Waals surface area contributed by atoms with Gasteiger partial charge in [0, 0.05) is 24.6 Å². The van der Waals surface area contributed by atoms with Gasteiger partial charge in [-0.25, -0.2) is 9.18 Å². The fraction of sp³-hybridized carbons (Fsp3) is 0.474. The first-order valence-corrected chi connectivity index (χ1v) is 9.71. The lowest BCUT2D eigenvalue weighted by Crippen LogP contribution is -2.41. The lowest BCUT2D eigenvalue weighted by Gasteiger charge is -2.32. The number of likely N-dealkylation sites (tertiary alicyclic amines) is 1. The molecule has 1 amide bonds. The van der Waals surface area contributed by atoms with Crippen LogP contribution in [0.5, 0.6) is 0 Å². The number of hydrogen-bond acceptors (Lipinski definition) is 4. The SMILES string of the molecule is CC(C)(C)OC(=O)N1CCC(c2onc(-c3ccc(F)cc3)c2I)CC1. The van der Waals surface area contributed by atoms with Crippen molar-refractivity contribution in [1.82, 2.24) is 10.1 Å². The topological polar surface area (TPSA) is 55.6 Å². The molecule has 1 saturated heterocycles. The molecule has 1 aliphatic rings. The van der Waals surface area contributed by atoms with Crippen molar-refractivity contribution in [3.63, 3.8) is 0 Å². The number of halogens is 2. The van der Waals surface area contributed by atoms with Crippen molar-refractivity contribution in [2.24, 2.45) is 0 Å². The average molecular weight is 472 g/mol. The van der Waals surface area contributed by atoms with Crippen LogP contribution in [0.25, 0.3) is 11.3 Å². The predicted molar refractivity (Wildman–Crippen MR) is 104 cm³/mol. The Balaban J connectivity index is 1.67. The van der Waals surface area contributed by atoms with Gasteiger partial charge < -0.3 is 14.2 Å². The second-order valence-corrected chi connectivity index (χ2v) is 8.54. The number of carbonyl (C=O) groups excluding carboxylic acids is 1. The molecule has 0 spiro atoms. The van der Waals surface area contributed by atoms with Gasteiger partial charge in [-0.15, -0.1) is 0 Å². The highest BCUT2D eigenvalue weighted by molar-refractivity contribution is 14.1. The fourth-order valence-corrected chi connectivity index (χ4v) is 3.93. The van der Waals surface area contributed by atoms with Crippen molar-refractivity contribution in [3.05, 3.63) is 39.4 Å². The Morgan fingerprint density at radius 2 is 1.88 bits per heavy atom. The summed E-state index contributed by atoms with van der Waals surface area (Å²) in [7, 11) is 0. The summed E-state index contributed by atoms with van der Waals surface area (Å²) in [5.41, 5.74) is 1.07. The highest BCUT2D eigenvalue weighted by Crippen LogP contribution is 2.36. The maximum absolute atomic E-state index is 13.1. The largest absolute Gasteiger partial charge is 0.444 e. The molecule has 5 nitrogen and oxygen atoms in total. The Hall–Kier alpha value is -1.64. The van der Waals surface area contributed by atoms with Crippen LogP contribution < -0.4 is 0 Å². The van der Waals surface area contributed by atoms with Crippen LogP contribution in [0.4, 0.5) is 9.18 Å². The highest BCUT2D eigenvalue weighted by Gasteiger charge is 2.31. The number of carbonyl (C=O) groups is 1. The van der Waals surface area contributed by atoms with E-state index in [4.69, 9.17) is 9.26 Å². The normalized spacial score (nSPS) is 16.0. The maximum atomic E-state index is 13.1. The number of ether oxygens (including phenoxy) is 1. The van der Waals surface area contributed by atoms with Gasteiger partial charge in [0.15, 0.2) is 5.76 Å². The number of rotatable bonds is 2. The van der Waals surface area contributed by atoms with Gasteiger partial charge >= 0.3 is 6.09 Å². The lowest BCUT2D eigenvalue weighted by atomic mass is 9.94. The Morgan fingerprint density at radius 1 is 1.27 bits per heavy atom. The van der Waals surface area contributed by atoms with Crippen LogP contribution in [0, 0.1) is 9.39 Å². The number of nitrogens with zero attached hydrogens (tertiary/aromatic N) is 2. The monoisotopic (exact) mass is 472 g/mol. The van der Waals surface area contributed by atoms with E-state index in [0.29, 0.717) is 13.1 Å². The number of hydrogen-bond donors (Lipinski definition) is 0. The fourth-order valence-electron chi connectivity index (χ4n) is 2.98. The van der Waals surface area contributed by atoms with Gasteiger partial charge in [-0.1, -0.05) is 5.16 Å². The van der Waals surface area contributed by atoms with Crippen molar-refractivity contribution in [1.29, 1.82) is 0 Å². The van der Waals surface area contributed by atoms with Crippen molar-refractivity contribution in [2.75, 3.05) is 13.1 Å². The first-order valence-electron chi connectivity index (χ1n) is 8.63. The van der Waals surface area contributed by atoms with Crippen LogP contribution in [-0.2, 0) is 4.74 Å². The molecule has 0 unspecified atom stereocenters. The van der Waals surface area contributed by atoms with Gasteiger partial charge in [0.05, 0.1) is 3.57 Å². The van der Waals surface area contributed by atoms with Crippen LogP contribution in [0.2, 0.25) is 0 Å². The summed E-state index contributed by atoms with van der Waals surface area (Å²) in [6, 6.07) is 6.23. The minimum Gasteiger partial charge on any atom is -0.444 e. The quantitative estimate of drug-likeness (QED) is 0.564. The molecule has 2 aromatic rings. The van der Waals surface area contributed by atoms with Gasteiger partial charge in [-0.05, 0) is 80.5 Å². The molecular formula is C19H22FIN2O3. The van der Waals surface area contributed by atoms with Gasteiger partial charge in [0.2, 0.25) is 0 Å². The predicted octanol–water partition coefficient (Wildman–Crippen LogP) is 5.20. The van der Waals surface area contributed by atoms with E-state index in [1.165, 1.54) is 12.1 Å². The van der Waals surface area contributed by atoms with E-state index >= 15 is 0 Å². The highest BCUT2D eigenvalue weighted by atomic mass is 127. The van der Waals surface area contributed by atoms with Crippen molar-refractivity contribution in [2.45, 2.75) is 45.1 Å². The molecule has 0 radical (unpaired) electrons. The number of piperidine rings is 1. The van der Waals surface area contributed by atoms with Gasteiger partial charge in [0.1, 0.15) is 17.1 Å². The molecule has 1 fully saturated rings. The second kappa shape index (κ2) is 7.54. The van der Waals surface area contributed by atoms with E-state index in [9.17, 15) is 9.18 Å². The van der Waals surface area contributed by atoms with Crippen LogP contribution in [0.15, 0.2) is 28.8 Å². The Labute approximate surface area is 166 Å². The molecule has 0 atom stereocenters. The number of aromatic nitrogens is 1. The molecule has 7 heteroatoms. The first kappa shape index (κ1) is 19.1. The Morgan fingerprint density at radius 3 is 2.46 bits per heavy atom. The average Bonchev–Trinajstić information content (AvgIpc) is 2.96. The van der Waals surface area contributed by atoms with Gasteiger partial charge in [0.25, 0.3) is 0 Å². The van der Waals surface area contributed by atoms with Crippen LogP contribution >= 0.6 is 22.6 Å². The van der Waals surface area contributed by atoms with Crippen LogP contribution in [0.1, 0.15) is 45.3 Å². The zero-order valence-corrected chi connectivity index (χ0v) is 17.2. The van der Waals surface area contributed by atoms with E-state index in [1.807, 2.05) is 20.8 Å². The van der Waals surface area contributed by atoms with Crippen LogP contribution in [-0.4, -0.2) is 34.8 Å². The van der Waals surface area contributed by atoms with E-state index < -0.39 is 5.60 Å². The minimum atomic E-state index is -0.488. The van der Waals surface area contributed by atoms with Crippen molar-refractivity contribution in [3.8, 4) is 11.3 Å². The summed E-state index contributed by atoms with van der Waals surface area (Å²) < 4.78 is 25.1. The van der Waals surface area contributed by atoms with Crippen LogP contribution in [0.3, 0.4) is 0 Å². The number of benzene rings is 1. The van der Waals surface area contributed by atoms with Crippen molar-refractivity contribution >= 4 is 28.7 Å². The third-order valence-corrected chi connectivity index (χ3v) is 5.34. The Bertz CT molecular complexity index is 775. The van der Waals surface area contributed by atoms with Gasteiger partial charge in [-0.3, -0.25) is 0 Å². The maximum Gasteiger partial charge on any atom is 0.410 e. The molecule has 26 heavy (non-hydrogen) atoms. The van der Waals surface area contributed by atoms with E-state index in [0.717, 1.165) is 33.4 Å². The molecule has 0 saturated carbocycles. The molecule has 3 rings (SSSR count). The molecule has 1 aromatic heterocycles. The standard InChI is InChI=1S/C19H22FIN2O3/c1-19(2,3)25-18(24)23-10-8-13(9-11-23)17-15(21)16(22-26-17)12-4-6-14(20)7-5-12/h4-7,13H,8-11H2,1-3H3. The third kappa shape index (κ3) is 4.36. The molecule has 0 N–H and O–H groups in total. The summed E-state index contributed by atoms with van der Waals surface area (Å²) in [6.45, 7) is 6.85.